The molecule has 3 rings (SSSR count). The van der Waals surface area contributed by atoms with E-state index in [1.165, 1.54) is 11.8 Å². The Morgan fingerprint density at radius 3 is 2.70 bits per heavy atom. The van der Waals surface area contributed by atoms with E-state index in [1.54, 1.807) is 17.9 Å². The largest absolute Gasteiger partial charge is 0.469 e. The van der Waals surface area contributed by atoms with E-state index in [9.17, 15) is 9.59 Å². The predicted octanol–water partition coefficient (Wildman–Crippen LogP) is 3.74. The normalized spacial score (nSPS) is 16.9. The van der Waals surface area contributed by atoms with Gasteiger partial charge >= 0.3 is 0 Å². The number of nitrogens with zero attached hydrogens (tertiary/aromatic N) is 1. The number of benzene rings is 1. The van der Waals surface area contributed by atoms with Gasteiger partial charge in [0, 0.05) is 32.2 Å². The van der Waals surface area contributed by atoms with E-state index < -0.39 is 0 Å². The standard InChI is InChI=1S/C24H32N2O4/c1-18(10-11-20-7-4-3-5-8-20)25-23(27)12-14-26(17-21-9-6-15-30-21)24(28)22-13-16-29-19(22)2/h3-5,7-8,13,16,18,21H,6,9-12,14-15,17H2,1-2H3,(H,25,27)/t18-,21+/m0/s1. The molecular formula is C24H32N2O4. The summed E-state index contributed by atoms with van der Waals surface area (Å²) in [5.74, 6) is 0.447. The van der Waals surface area contributed by atoms with Crippen molar-refractivity contribution in [2.24, 2.45) is 0 Å². The van der Waals surface area contributed by atoms with Crippen molar-refractivity contribution in [2.75, 3.05) is 19.7 Å². The van der Waals surface area contributed by atoms with Crippen molar-refractivity contribution in [2.45, 2.75) is 58.1 Å². The molecule has 1 N–H and O–H groups in total. The van der Waals surface area contributed by atoms with Crippen LogP contribution in [-0.2, 0) is 16.0 Å². The van der Waals surface area contributed by atoms with Crippen molar-refractivity contribution in [3.63, 3.8) is 0 Å². The molecule has 1 saturated heterocycles. The van der Waals surface area contributed by atoms with Gasteiger partial charge in [0.05, 0.1) is 17.9 Å². The Hall–Kier alpha value is -2.60. The molecule has 6 nitrogen and oxygen atoms in total. The number of carbonyl (C=O) groups is 2. The highest BCUT2D eigenvalue weighted by atomic mass is 16.5. The summed E-state index contributed by atoms with van der Waals surface area (Å²) in [6.45, 7) is 5.39. The molecule has 1 aromatic heterocycles. The number of rotatable bonds is 10. The SMILES string of the molecule is Cc1occc1C(=O)N(CCC(=O)N[C@@H](C)CCc1ccccc1)C[C@H]1CCCO1. The Bertz CT molecular complexity index is 812. The zero-order chi connectivity index (χ0) is 21.3. The Labute approximate surface area is 178 Å². The zero-order valence-electron chi connectivity index (χ0n) is 17.9. The summed E-state index contributed by atoms with van der Waals surface area (Å²) in [6, 6.07) is 12.0. The molecule has 1 aliphatic heterocycles. The second kappa shape index (κ2) is 11.0. The Morgan fingerprint density at radius 2 is 2.03 bits per heavy atom. The molecule has 1 aromatic carbocycles. The Kier molecular flexibility index (Phi) is 8.08. The fourth-order valence-corrected chi connectivity index (χ4v) is 3.77. The summed E-state index contributed by atoms with van der Waals surface area (Å²) in [7, 11) is 0. The van der Waals surface area contributed by atoms with Crippen molar-refractivity contribution in [1.29, 1.82) is 0 Å². The summed E-state index contributed by atoms with van der Waals surface area (Å²) < 4.78 is 11.0. The van der Waals surface area contributed by atoms with Crippen molar-refractivity contribution in [1.82, 2.24) is 10.2 Å². The summed E-state index contributed by atoms with van der Waals surface area (Å²) in [6.07, 6.45) is 5.58. The number of ether oxygens (including phenoxy) is 1. The summed E-state index contributed by atoms with van der Waals surface area (Å²) >= 11 is 0. The minimum Gasteiger partial charge on any atom is -0.469 e. The first-order chi connectivity index (χ1) is 14.5. The van der Waals surface area contributed by atoms with Gasteiger partial charge in [-0.05, 0) is 51.2 Å². The summed E-state index contributed by atoms with van der Waals surface area (Å²) in [5.41, 5.74) is 1.81. The molecule has 2 aromatic rings. The van der Waals surface area contributed by atoms with Crippen LogP contribution in [0.15, 0.2) is 47.1 Å². The average molecular weight is 413 g/mol. The Balaban J connectivity index is 1.50. The molecule has 1 fully saturated rings. The molecule has 6 heteroatoms. The molecule has 162 valence electrons. The lowest BCUT2D eigenvalue weighted by atomic mass is 10.1. The van der Waals surface area contributed by atoms with Crippen molar-refractivity contribution >= 4 is 11.8 Å². The Morgan fingerprint density at radius 1 is 1.23 bits per heavy atom. The second-order valence-electron chi connectivity index (χ2n) is 8.02. The van der Waals surface area contributed by atoms with Crippen molar-refractivity contribution in [3.05, 3.63) is 59.5 Å². The monoisotopic (exact) mass is 412 g/mol. The van der Waals surface area contributed by atoms with Crippen LogP contribution in [0.2, 0.25) is 0 Å². The van der Waals surface area contributed by atoms with Gasteiger partial charge < -0.3 is 19.4 Å². The van der Waals surface area contributed by atoms with Crippen LogP contribution >= 0.6 is 0 Å². The van der Waals surface area contributed by atoms with E-state index in [-0.39, 0.29) is 30.4 Å². The van der Waals surface area contributed by atoms with Gasteiger partial charge in [-0.25, -0.2) is 0 Å². The van der Waals surface area contributed by atoms with Crippen molar-refractivity contribution < 1.29 is 18.7 Å². The number of carbonyl (C=O) groups excluding carboxylic acids is 2. The molecule has 2 amide bonds. The molecular weight excluding hydrogens is 380 g/mol. The molecule has 1 aliphatic rings. The van der Waals surface area contributed by atoms with Gasteiger partial charge in [0.25, 0.3) is 5.91 Å². The van der Waals surface area contributed by atoms with E-state index in [0.717, 1.165) is 32.3 Å². The lowest BCUT2D eigenvalue weighted by Gasteiger charge is -2.25. The first-order valence-electron chi connectivity index (χ1n) is 10.8. The van der Waals surface area contributed by atoms with Crippen LogP contribution in [0.4, 0.5) is 0 Å². The quantitative estimate of drug-likeness (QED) is 0.645. The predicted molar refractivity (Wildman–Crippen MR) is 115 cm³/mol. The molecule has 0 spiro atoms. The lowest BCUT2D eigenvalue weighted by Crippen LogP contribution is -2.41. The van der Waals surface area contributed by atoms with E-state index in [2.05, 4.69) is 17.4 Å². The number of hydrogen-bond acceptors (Lipinski definition) is 4. The molecule has 30 heavy (non-hydrogen) atoms. The van der Waals surface area contributed by atoms with E-state index in [4.69, 9.17) is 9.15 Å². The van der Waals surface area contributed by atoms with Gasteiger partial charge in [-0.3, -0.25) is 9.59 Å². The second-order valence-corrected chi connectivity index (χ2v) is 8.02. The maximum atomic E-state index is 13.0. The fourth-order valence-electron chi connectivity index (χ4n) is 3.77. The molecule has 0 unspecified atom stereocenters. The minimum atomic E-state index is -0.110. The number of amides is 2. The van der Waals surface area contributed by atoms with Crippen LogP contribution in [0.5, 0.6) is 0 Å². The van der Waals surface area contributed by atoms with Gasteiger partial charge in [0.2, 0.25) is 5.91 Å². The molecule has 0 aliphatic carbocycles. The summed E-state index contributed by atoms with van der Waals surface area (Å²) in [4.78, 5) is 27.2. The van der Waals surface area contributed by atoms with Gasteiger partial charge in [-0.1, -0.05) is 30.3 Å². The van der Waals surface area contributed by atoms with Crippen LogP contribution in [-0.4, -0.2) is 48.6 Å². The van der Waals surface area contributed by atoms with Gasteiger partial charge in [-0.15, -0.1) is 0 Å². The van der Waals surface area contributed by atoms with Crippen LogP contribution in [0, 0.1) is 6.92 Å². The first-order valence-corrected chi connectivity index (χ1v) is 10.8. The molecule has 2 atom stereocenters. The maximum Gasteiger partial charge on any atom is 0.257 e. The third-order valence-corrected chi connectivity index (χ3v) is 5.55. The number of aryl methyl sites for hydroxylation is 2. The van der Waals surface area contributed by atoms with Crippen LogP contribution < -0.4 is 5.32 Å². The summed E-state index contributed by atoms with van der Waals surface area (Å²) in [5, 5.41) is 3.06. The van der Waals surface area contributed by atoms with E-state index in [1.807, 2.05) is 25.1 Å². The smallest absolute Gasteiger partial charge is 0.257 e. The van der Waals surface area contributed by atoms with Gasteiger partial charge in [0.1, 0.15) is 5.76 Å². The molecule has 0 saturated carbocycles. The maximum absolute atomic E-state index is 13.0. The number of nitrogens with one attached hydrogen (secondary N) is 1. The van der Waals surface area contributed by atoms with Crippen molar-refractivity contribution in [3.8, 4) is 0 Å². The molecule has 0 bridgehead atoms. The van der Waals surface area contributed by atoms with Crippen LogP contribution in [0.3, 0.4) is 0 Å². The van der Waals surface area contributed by atoms with Gasteiger partial charge in [0.15, 0.2) is 0 Å². The molecule has 0 radical (unpaired) electrons. The average Bonchev–Trinajstić information content (AvgIpc) is 3.41. The third-order valence-electron chi connectivity index (χ3n) is 5.55. The third kappa shape index (κ3) is 6.46. The highest BCUT2D eigenvalue weighted by Crippen LogP contribution is 2.17. The topological polar surface area (TPSA) is 71.8 Å². The lowest BCUT2D eigenvalue weighted by molar-refractivity contribution is -0.122. The van der Waals surface area contributed by atoms with Gasteiger partial charge in [-0.2, -0.15) is 0 Å². The number of hydrogen-bond donors (Lipinski definition) is 1. The zero-order valence-corrected chi connectivity index (χ0v) is 17.9. The molecule has 2 heterocycles. The van der Waals surface area contributed by atoms with E-state index >= 15 is 0 Å². The highest BCUT2D eigenvalue weighted by Gasteiger charge is 2.25. The van der Waals surface area contributed by atoms with Crippen LogP contribution in [0.1, 0.15) is 54.3 Å². The fraction of sp³-hybridized carbons (Fsp3) is 0.500. The first kappa shape index (κ1) is 22.1. The van der Waals surface area contributed by atoms with E-state index in [0.29, 0.717) is 24.4 Å². The van der Waals surface area contributed by atoms with Crippen LogP contribution in [0.25, 0.3) is 0 Å². The highest BCUT2D eigenvalue weighted by molar-refractivity contribution is 5.95. The minimum absolute atomic E-state index is 0.0361. The number of furan rings is 1.